The smallest absolute Gasteiger partial charge is 0.465 e. The first-order valence-corrected chi connectivity index (χ1v) is 26.6. The molecular weight excluding hydrogens is 773 g/mol. The largest absolute Gasteiger partial charge is 0.501 e. The van der Waals surface area contributed by atoms with Crippen LogP contribution < -0.4 is 0 Å². The number of hydrogen-bond donors (Lipinski definition) is 0. The van der Waals surface area contributed by atoms with Crippen LogP contribution in [0.5, 0.6) is 0 Å². The minimum Gasteiger partial charge on any atom is -0.465 e. The van der Waals surface area contributed by atoms with Crippen LogP contribution >= 0.6 is 11.8 Å². The molecule has 0 aromatic rings. The summed E-state index contributed by atoms with van der Waals surface area (Å²) in [5, 5.41) is 0.203. The molecule has 1 aliphatic rings. The van der Waals surface area contributed by atoms with Crippen LogP contribution in [0, 0.1) is 5.41 Å². The molecule has 0 aromatic heterocycles. The summed E-state index contributed by atoms with van der Waals surface area (Å²) < 4.78 is 37.8. The normalized spacial score (nSPS) is 18.2. The first kappa shape index (κ1) is 54.5. The summed E-state index contributed by atoms with van der Waals surface area (Å²) in [4.78, 5) is 51.5. The molecule has 0 amide bonds. The third-order valence-corrected chi connectivity index (χ3v) is 15.1. The number of rotatable bonds is 38. The Morgan fingerprint density at radius 3 is 1.41 bits per heavy atom. The third-order valence-electron chi connectivity index (χ3n) is 11.3. The molecule has 1 heterocycles. The van der Waals surface area contributed by atoms with Crippen molar-refractivity contribution < 1.29 is 46.7 Å². The van der Waals surface area contributed by atoms with E-state index in [1.54, 1.807) is 0 Å². The molecule has 1 saturated heterocycles. The molecule has 0 atom stereocenters. The second-order valence-corrected chi connectivity index (χ2v) is 20.6. The number of unbranched alkanes of at least 4 members (excludes halogenated alkanes) is 16. The van der Waals surface area contributed by atoms with Crippen molar-refractivity contribution in [1.82, 2.24) is 0 Å². The Labute approximate surface area is 359 Å². The van der Waals surface area contributed by atoms with Crippen molar-refractivity contribution in [2.45, 2.75) is 227 Å². The fraction of sp³-hybridized carbons (Fsp3) is 0.913. The minimum absolute atomic E-state index is 0.0446. The van der Waals surface area contributed by atoms with E-state index in [0.29, 0.717) is 56.7 Å². The van der Waals surface area contributed by atoms with Gasteiger partial charge < -0.3 is 27.5 Å². The molecular formula is C46H86O10SSi. The van der Waals surface area contributed by atoms with Crippen molar-refractivity contribution in [3.8, 4) is 0 Å². The van der Waals surface area contributed by atoms with Crippen molar-refractivity contribution >= 4 is 43.6 Å². The lowest BCUT2D eigenvalue weighted by atomic mass is 9.88. The number of carbonyl (C=O) groups is 4. The molecule has 0 radical (unpaired) electrons. The van der Waals surface area contributed by atoms with Crippen molar-refractivity contribution in [3.63, 3.8) is 0 Å². The van der Waals surface area contributed by atoms with Crippen LogP contribution in [-0.4, -0.2) is 76.2 Å². The van der Waals surface area contributed by atoms with Gasteiger partial charge in [-0.3, -0.25) is 19.2 Å². The van der Waals surface area contributed by atoms with Gasteiger partial charge in [-0.05, 0) is 44.9 Å². The zero-order chi connectivity index (χ0) is 42.8. The standard InChI is InChI=1S/C46H86O10SSi/c1-7-13-17-21-25-30-41(47)51-36-45(11-5,37-52-42(48)31-26-22-18-14-8-2)38-53-58(35-29-34-57-44(50)33-28-24-20-16-10-4)54-39-46(12-6,40-55-58)56-43(49)32-27-23-19-15-9-3/h7-40H2,1-6H3. The summed E-state index contributed by atoms with van der Waals surface area (Å²) in [6.07, 6.45) is 24.4. The van der Waals surface area contributed by atoms with Gasteiger partial charge in [0.1, 0.15) is 13.2 Å². The lowest BCUT2D eigenvalue weighted by Gasteiger charge is -2.44. The highest BCUT2D eigenvalue weighted by molar-refractivity contribution is 8.13. The van der Waals surface area contributed by atoms with E-state index in [1.807, 2.05) is 13.8 Å². The predicted molar refractivity (Wildman–Crippen MR) is 238 cm³/mol. The maximum Gasteiger partial charge on any atom is 0.501 e. The molecule has 10 nitrogen and oxygen atoms in total. The van der Waals surface area contributed by atoms with Crippen molar-refractivity contribution in [2.24, 2.45) is 5.41 Å². The SMILES string of the molecule is CCCCCCCC(=O)OCC(CC)(COC(=O)CCCCCCC)CO[Si]1(CCCSC(=O)CCCCCCC)OCC(CC)(OC(=O)CCCCCCC)CO1. The molecule has 1 rings (SSSR count). The van der Waals surface area contributed by atoms with Gasteiger partial charge >= 0.3 is 26.7 Å². The van der Waals surface area contributed by atoms with Crippen LogP contribution in [-0.2, 0) is 46.7 Å². The summed E-state index contributed by atoms with van der Waals surface area (Å²) in [5.74, 6) is -0.147. The monoisotopic (exact) mass is 859 g/mol. The summed E-state index contributed by atoms with van der Waals surface area (Å²) in [5.41, 5.74) is -1.72. The van der Waals surface area contributed by atoms with Gasteiger partial charge in [-0.1, -0.05) is 156 Å². The van der Waals surface area contributed by atoms with Crippen LogP contribution in [0.4, 0.5) is 0 Å². The van der Waals surface area contributed by atoms with Crippen molar-refractivity contribution in [2.75, 3.05) is 38.8 Å². The Bertz CT molecular complexity index is 1050. The van der Waals surface area contributed by atoms with Gasteiger partial charge in [0.05, 0.1) is 25.2 Å². The Morgan fingerprint density at radius 2 is 0.983 bits per heavy atom. The molecule has 12 heteroatoms. The Hall–Kier alpha value is -1.47. The lowest BCUT2D eigenvalue weighted by Crippen LogP contribution is -2.60. The maximum atomic E-state index is 13.0. The fourth-order valence-electron chi connectivity index (χ4n) is 6.84. The van der Waals surface area contributed by atoms with E-state index in [0.717, 1.165) is 116 Å². The van der Waals surface area contributed by atoms with E-state index in [-0.39, 0.29) is 56.1 Å². The van der Waals surface area contributed by atoms with Gasteiger partial charge in [0.15, 0.2) is 10.7 Å². The zero-order valence-electron chi connectivity index (χ0n) is 38.0. The van der Waals surface area contributed by atoms with Crippen LogP contribution in [0.3, 0.4) is 0 Å². The molecule has 1 aliphatic heterocycles. The third kappa shape index (κ3) is 25.3. The number of hydrogen-bond acceptors (Lipinski definition) is 11. The van der Waals surface area contributed by atoms with E-state index in [9.17, 15) is 19.2 Å². The second-order valence-electron chi connectivity index (χ2n) is 16.7. The molecule has 0 spiro atoms. The lowest BCUT2D eigenvalue weighted by molar-refractivity contribution is -0.184. The number of thioether (sulfide) groups is 1. The second kappa shape index (κ2) is 34.2. The molecule has 0 aliphatic carbocycles. The maximum absolute atomic E-state index is 13.0. The molecule has 0 aromatic carbocycles. The zero-order valence-corrected chi connectivity index (χ0v) is 39.8. The van der Waals surface area contributed by atoms with E-state index in [4.69, 9.17) is 27.5 Å². The van der Waals surface area contributed by atoms with Crippen molar-refractivity contribution in [3.05, 3.63) is 0 Å². The van der Waals surface area contributed by atoms with E-state index < -0.39 is 19.8 Å². The highest BCUT2D eigenvalue weighted by Crippen LogP contribution is 2.35. The predicted octanol–water partition coefficient (Wildman–Crippen LogP) is 12.3. The first-order chi connectivity index (χ1) is 28.1. The Kier molecular flexibility index (Phi) is 32.1. The highest BCUT2D eigenvalue weighted by Gasteiger charge is 2.52. The average molecular weight is 859 g/mol. The average Bonchev–Trinajstić information content (AvgIpc) is 3.23. The molecule has 1 fully saturated rings. The van der Waals surface area contributed by atoms with Gasteiger partial charge in [-0.2, -0.15) is 0 Å². The van der Waals surface area contributed by atoms with Gasteiger partial charge in [-0.25, -0.2) is 0 Å². The van der Waals surface area contributed by atoms with E-state index in [2.05, 4.69) is 27.7 Å². The topological polar surface area (TPSA) is 124 Å². The van der Waals surface area contributed by atoms with Crippen LogP contribution in [0.2, 0.25) is 6.04 Å². The van der Waals surface area contributed by atoms with Gasteiger partial charge in [0.2, 0.25) is 0 Å². The Morgan fingerprint density at radius 1 is 0.552 bits per heavy atom. The van der Waals surface area contributed by atoms with E-state index in [1.165, 1.54) is 24.6 Å². The van der Waals surface area contributed by atoms with Gasteiger partial charge in [0, 0.05) is 37.5 Å². The van der Waals surface area contributed by atoms with Gasteiger partial charge in [0.25, 0.3) is 0 Å². The number of esters is 3. The van der Waals surface area contributed by atoms with Crippen molar-refractivity contribution in [1.29, 1.82) is 0 Å². The summed E-state index contributed by atoms with van der Waals surface area (Å²) >= 11 is 1.36. The van der Waals surface area contributed by atoms with Crippen LogP contribution in [0.25, 0.3) is 0 Å². The quantitative estimate of drug-likeness (QED) is 0.0255. The van der Waals surface area contributed by atoms with Crippen LogP contribution in [0.1, 0.15) is 215 Å². The highest BCUT2D eigenvalue weighted by atomic mass is 32.2. The summed E-state index contributed by atoms with van der Waals surface area (Å²) in [6, 6.07) is 0.476. The summed E-state index contributed by atoms with van der Waals surface area (Å²) in [7, 11) is -3.39. The van der Waals surface area contributed by atoms with Crippen LogP contribution in [0.15, 0.2) is 0 Å². The molecule has 0 bridgehead atoms. The fourth-order valence-corrected chi connectivity index (χ4v) is 10.7. The first-order valence-electron chi connectivity index (χ1n) is 23.7. The Balaban J connectivity index is 3.12. The number of carbonyl (C=O) groups excluding carboxylic acids is 4. The number of ether oxygens (including phenoxy) is 3. The summed E-state index contributed by atoms with van der Waals surface area (Å²) in [6.45, 7) is 13.2. The molecule has 0 unspecified atom stereocenters. The molecule has 0 saturated carbocycles. The van der Waals surface area contributed by atoms with E-state index >= 15 is 0 Å². The molecule has 0 N–H and O–H groups in total. The minimum atomic E-state index is -3.39. The molecule has 58 heavy (non-hydrogen) atoms. The molecule has 340 valence electrons. The van der Waals surface area contributed by atoms with Gasteiger partial charge in [-0.15, -0.1) is 0 Å².